The zero-order valence-electron chi connectivity index (χ0n) is 12.0. The molecule has 2 N–H and O–H groups in total. The van der Waals surface area contributed by atoms with Crippen LogP contribution in [-0.4, -0.2) is 18.2 Å². The molecule has 0 spiro atoms. The molecule has 3 atom stereocenters. The van der Waals surface area contributed by atoms with Crippen LogP contribution in [0.2, 0.25) is 0 Å². The van der Waals surface area contributed by atoms with E-state index in [9.17, 15) is 13.6 Å². The highest BCUT2D eigenvalue weighted by atomic mass is 19.3. The molecule has 114 valence electrons. The Balaban J connectivity index is 1.98. The van der Waals surface area contributed by atoms with E-state index in [1.165, 1.54) is 6.92 Å². The summed E-state index contributed by atoms with van der Waals surface area (Å²) in [6.45, 7) is 3.38. The molecular weight excluding hydrogens is 278 g/mol. The molecule has 6 heteroatoms. The van der Waals surface area contributed by atoms with Crippen molar-refractivity contribution in [1.29, 1.82) is 0 Å². The maximum atomic E-state index is 12.9. The molecule has 1 aromatic rings. The Bertz CT molecular complexity index is 579. The lowest BCUT2D eigenvalue weighted by molar-refractivity contribution is -0.0455. The Morgan fingerprint density at radius 2 is 2.24 bits per heavy atom. The van der Waals surface area contributed by atoms with Crippen molar-refractivity contribution >= 4 is 6.03 Å². The smallest absolute Gasteiger partial charge is 0.318 e. The van der Waals surface area contributed by atoms with E-state index in [0.717, 1.165) is 11.1 Å². The molecule has 2 aliphatic heterocycles. The van der Waals surface area contributed by atoms with Gasteiger partial charge in [0, 0.05) is 24.3 Å². The molecule has 0 aliphatic carbocycles. The quantitative estimate of drug-likeness (QED) is 0.900. The van der Waals surface area contributed by atoms with Crippen LogP contribution in [0.1, 0.15) is 36.9 Å². The average Bonchev–Trinajstić information content (AvgIpc) is 2.39. The number of halogens is 2. The lowest BCUT2D eigenvalue weighted by atomic mass is 9.85. The van der Waals surface area contributed by atoms with Crippen LogP contribution >= 0.6 is 0 Å². The fraction of sp³-hybridized carbons (Fsp3) is 0.533. The number of carbonyl (C=O) groups excluding carboxylic acids is 1. The van der Waals surface area contributed by atoms with Gasteiger partial charge in [0.1, 0.15) is 5.75 Å². The molecule has 4 nitrogen and oxygen atoms in total. The van der Waals surface area contributed by atoms with E-state index in [2.05, 4.69) is 10.6 Å². The third kappa shape index (κ3) is 2.43. The topological polar surface area (TPSA) is 50.4 Å². The molecular formula is C15H18F2N2O2. The number of fused-ring (bicyclic) bond motifs is 4. The van der Waals surface area contributed by atoms with Gasteiger partial charge in [-0.3, -0.25) is 0 Å². The molecule has 3 rings (SSSR count). The summed E-state index contributed by atoms with van der Waals surface area (Å²) in [7, 11) is 0. The number of rotatable bonds is 3. The number of urea groups is 1. The Hall–Kier alpha value is -1.85. The van der Waals surface area contributed by atoms with Crippen LogP contribution in [0.25, 0.3) is 0 Å². The van der Waals surface area contributed by atoms with Crippen LogP contribution in [0.4, 0.5) is 13.6 Å². The van der Waals surface area contributed by atoms with Crippen LogP contribution < -0.4 is 15.4 Å². The van der Waals surface area contributed by atoms with Crippen molar-refractivity contribution in [3.63, 3.8) is 0 Å². The first kappa shape index (κ1) is 14.1. The first-order chi connectivity index (χ1) is 9.90. The minimum Gasteiger partial charge on any atom is -0.467 e. The van der Waals surface area contributed by atoms with Gasteiger partial charge in [0.25, 0.3) is 0 Å². The van der Waals surface area contributed by atoms with E-state index in [1.807, 2.05) is 25.1 Å². The van der Waals surface area contributed by atoms with Gasteiger partial charge in [0.05, 0.1) is 6.04 Å². The summed E-state index contributed by atoms with van der Waals surface area (Å²) in [5.74, 6) is -0.169. The molecule has 1 fully saturated rings. The van der Waals surface area contributed by atoms with Crippen molar-refractivity contribution in [2.24, 2.45) is 5.92 Å². The fourth-order valence-electron chi connectivity index (χ4n) is 3.16. The third-order valence-corrected chi connectivity index (χ3v) is 4.18. The van der Waals surface area contributed by atoms with E-state index in [4.69, 9.17) is 4.74 Å². The van der Waals surface area contributed by atoms with Gasteiger partial charge >= 0.3 is 6.03 Å². The lowest BCUT2D eigenvalue weighted by Crippen LogP contribution is -2.65. The molecule has 2 amide bonds. The second-order valence-corrected chi connectivity index (χ2v) is 5.96. The van der Waals surface area contributed by atoms with Crippen molar-refractivity contribution in [3.8, 4) is 5.75 Å². The van der Waals surface area contributed by atoms with Crippen LogP contribution in [0.5, 0.6) is 5.75 Å². The van der Waals surface area contributed by atoms with Crippen LogP contribution in [0.15, 0.2) is 18.2 Å². The number of nitrogens with one attached hydrogen (secondary N) is 2. The van der Waals surface area contributed by atoms with Gasteiger partial charge in [-0.2, -0.15) is 0 Å². The Morgan fingerprint density at radius 1 is 1.48 bits per heavy atom. The fourth-order valence-corrected chi connectivity index (χ4v) is 3.16. The lowest BCUT2D eigenvalue weighted by Gasteiger charge is -2.47. The number of hydrogen-bond donors (Lipinski definition) is 2. The number of amides is 2. The van der Waals surface area contributed by atoms with Crippen molar-refractivity contribution < 1.29 is 18.3 Å². The molecule has 0 saturated carbocycles. The summed E-state index contributed by atoms with van der Waals surface area (Å²) in [6, 6.07) is 5.14. The van der Waals surface area contributed by atoms with Crippen molar-refractivity contribution in [2.45, 2.75) is 44.9 Å². The molecule has 0 aromatic heterocycles. The summed E-state index contributed by atoms with van der Waals surface area (Å²) in [5, 5.41) is 5.55. The Morgan fingerprint density at radius 3 is 2.95 bits per heavy atom. The van der Waals surface area contributed by atoms with E-state index < -0.39 is 18.1 Å². The van der Waals surface area contributed by atoms with Gasteiger partial charge in [0.2, 0.25) is 6.43 Å². The highest BCUT2D eigenvalue weighted by molar-refractivity contribution is 5.77. The van der Waals surface area contributed by atoms with Gasteiger partial charge in [-0.05, 0) is 12.5 Å². The van der Waals surface area contributed by atoms with Crippen molar-refractivity contribution in [3.05, 3.63) is 29.3 Å². The molecule has 2 heterocycles. The van der Waals surface area contributed by atoms with Gasteiger partial charge in [0.15, 0.2) is 5.72 Å². The summed E-state index contributed by atoms with van der Waals surface area (Å²) in [6.07, 6.45) is -1.90. The third-order valence-electron chi connectivity index (χ3n) is 4.18. The average molecular weight is 296 g/mol. The van der Waals surface area contributed by atoms with Crippen LogP contribution in [0, 0.1) is 12.8 Å². The number of ether oxygens (including phenoxy) is 1. The number of benzene rings is 1. The predicted molar refractivity (Wildman–Crippen MR) is 73.3 cm³/mol. The van der Waals surface area contributed by atoms with Gasteiger partial charge in [-0.1, -0.05) is 25.1 Å². The van der Waals surface area contributed by atoms with E-state index in [0.29, 0.717) is 12.2 Å². The van der Waals surface area contributed by atoms with Crippen molar-refractivity contribution in [1.82, 2.24) is 10.6 Å². The summed E-state index contributed by atoms with van der Waals surface area (Å²) in [4.78, 5) is 11.8. The van der Waals surface area contributed by atoms with Gasteiger partial charge < -0.3 is 15.4 Å². The zero-order chi connectivity index (χ0) is 15.2. The normalized spacial score (nSPS) is 28.2. The summed E-state index contributed by atoms with van der Waals surface area (Å²) >= 11 is 0. The van der Waals surface area contributed by atoms with Crippen LogP contribution in [-0.2, 0) is 0 Å². The largest absolute Gasteiger partial charge is 0.467 e. The van der Waals surface area contributed by atoms with Crippen LogP contribution in [0.3, 0.4) is 0 Å². The molecule has 0 radical (unpaired) electrons. The number of aryl methyl sites for hydroxylation is 1. The molecule has 3 unspecified atom stereocenters. The van der Waals surface area contributed by atoms with Gasteiger partial charge in [-0.15, -0.1) is 0 Å². The molecule has 2 aliphatic rings. The second-order valence-electron chi connectivity index (χ2n) is 5.96. The minimum absolute atomic E-state index is 0.0857. The van der Waals surface area contributed by atoms with E-state index in [1.54, 1.807) is 0 Å². The summed E-state index contributed by atoms with van der Waals surface area (Å²) in [5.41, 5.74) is 0.788. The SMILES string of the molecule is Cc1cccc2c1OC1(CC(C)C(F)F)CC2NC(=O)N1. The van der Waals surface area contributed by atoms with E-state index in [-0.39, 0.29) is 18.5 Å². The maximum absolute atomic E-state index is 12.9. The molecule has 2 bridgehead atoms. The zero-order valence-corrected chi connectivity index (χ0v) is 12.0. The first-order valence-electron chi connectivity index (χ1n) is 7.05. The molecule has 21 heavy (non-hydrogen) atoms. The predicted octanol–water partition coefficient (Wildman–Crippen LogP) is 3.12. The first-order valence-corrected chi connectivity index (χ1v) is 7.05. The second kappa shape index (κ2) is 4.86. The Labute approximate surface area is 121 Å². The Kier molecular flexibility index (Phi) is 3.26. The highest BCUT2D eigenvalue weighted by Gasteiger charge is 2.48. The van der Waals surface area contributed by atoms with Crippen molar-refractivity contribution in [2.75, 3.05) is 0 Å². The molecule has 1 saturated heterocycles. The van der Waals surface area contributed by atoms with Gasteiger partial charge in [-0.25, -0.2) is 13.6 Å². The van der Waals surface area contributed by atoms with E-state index >= 15 is 0 Å². The number of alkyl halides is 2. The standard InChI is InChI=1S/C15H18F2N2O2/c1-8-4-3-5-10-11-7-15(21-12(8)10,19-14(20)18-11)6-9(2)13(16)17/h3-5,9,11,13H,6-7H2,1-2H3,(H2,18,19,20). The monoisotopic (exact) mass is 296 g/mol. The highest BCUT2D eigenvalue weighted by Crippen LogP contribution is 2.44. The minimum atomic E-state index is -2.44. The summed E-state index contributed by atoms with van der Waals surface area (Å²) < 4.78 is 31.8. The number of carbonyl (C=O) groups is 1. The number of hydrogen-bond acceptors (Lipinski definition) is 2. The maximum Gasteiger partial charge on any atom is 0.318 e. The number of para-hydroxylation sites is 1. The molecule has 1 aromatic carbocycles.